The third-order valence-corrected chi connectivity index (χ3v) is 3.54. The smallest absolute Gasteiger partial charge is 0.277 e. The van der Waals surface area contributed by atoms with E-state index in [-0.39, 0.29) is 18.2 Å². The van der Waals surface area contributed by atoms with Crippen molar-refractivity contribution in [3.63, 3.8) is 0 Å². The Morgan fingerprint density at radius 3 is 2.24 bits per heavy atom. The summed E-state index contributed by atoms with van der Waals surface area (Å²) in [4.78, 5) is 34.3. The fourth-order valence-electron chi connectivity index (χ4n) is 2.25. The third-order valence-electron chi connectivity index (χ3n) is 3.54. The van der Waals surface area contributed by atoms with E-state index >= 15 is 0 Å². The molecule has 0 fully saturated rings. The van der Waals surface area contributed by atoms with Crippen LogP contribution in [-0.4, -0.2) is 41.3 Å². The zero-order valence-electron chi connectivity index (χ0n) is 13.5. The molecule has 1 aromatic heterocycles. The highest BCUT2D eigenvalue weighted by Crippen LogP contribution is 2.23. The molecule has 1 amide bonds. The Labute approximate surface area is 142 Å². The highest BCUT2D eigenvalue weighted by molar-refractivity contribution is 5.95. The molecule has 0 aliphatic carbocycles. The first-order valence-electron chi connectivity index (χ1n) is 7.21. The molecule has 1 N–H and O–H groups in total. The number of nitrogens with zero attached hydrogens (tertiary/aromatic N) is 3. The number of hydrogen-bond donors (Lipinski definition) is 1. The minimum atomic E-state index is -0.782. The summed E-state index contributed by atoms with van der Waals surface area (Å²) >= 11 is 0. The molecular weight excluding hydrogens is 332 g/mol. The highest BCUT2D eigenvalue weighted by Gasteiger charge is 2.22. The van der Waals surface area contributed by atoms with Crippen molar-refractivity contribution in [3.05, 3.63) is 68.1 Å². The van der Waals surface area contributed by atoms with Gasteiger partial charge in [-0.25, -0.2) is 0 Å². The largest absolute Gasteiger partial charge is 0.468 e. The molecule has 1 heterocycles. The first-order valence-corrected chi connectivity index (χ1v) is 7.21. The number of hydrogen-bond acceptors (Lipinski definition) is 7. The van der Waals surface area contributed by atoms with Gasteiger partial charge in [-0.15, -0.1) is 0 Å². The van der Waals surface area contributed by atoms with E-state index < -0.39 is 27.1 Å². The van der Waals surface area contributed by atoms with Gasteiger partial charge in [0.15, 0.2) is 0 Å². The molecule has 132 valence electrons. The predicted octanol–water partition coefficient (Wildman–Crippen LogP) is 2.13. The van der Waals surface area contributed by atoms with Crippen molar-refractivity contribution >= 4 is 17.3 Å². The lowest BCUT2D eigenvalue weighted by atomic mass is 10.1. The van der Waals surface area contributed by atoms with E-state index in [1.54, 1.807) is 26.2 Å². The van der Waals surface area contributed by atoms with Crippen LogP contribution in [0.25, 0.3) is 0 Å². The van der Waals surface area contributed by atoms with E-state index in [1.165, 1.54) is 6.26 Å². The number of nitro groups is 2. The maximum atomic E-state index is 12.3. The Morgan fingerprint density at radius 1 is 1.20 bits per heavy atom. The second-order valence-corrected chi connectivity index (χ2v) is 5.46. The molecule has 0 saturated heterocycles. The first kappa shape index (κ1) is 18.1. The molecule has 10 heteroatoms. The van der Waals surface area contributed by atoms with Crippen molar-refractivity contribution in [2.75, 3.05) is 20.6 Å². The lowest BCUT2D eigenvalue weighted by Gasteiger charge is -2.22. The summed E-state index contributed by atoms with van der Waals surface area (Å²) in [5, 5.41) is 24.4. The molecule has 10 nitrogen and oxygen atoms in total. The summed E-state index contributed by atoms with van der Waals surface area (Å²) in [7, 11) is 3.61. The van der Waals surface area contributed by atoms with Gasteiger partial charge in [0.25, 0.3) is 17.3 Å². The first-order chi connectivity index (χ1) is 11.8. The number of carbonyl (C=O) groups is 1. The summed E-state index contributed by atoms with van der Waals surface area (Å²) in [6.45, 7) is 0.163. The Morgan fingerprint density at radius 2 is 1.80 bits per heavy atom. The van der Waals surface area contributed by atoms with Gasteiger partial charge < -0.3 is 9.73 Å². The number of rotatable bonds is 7. The average Bonchev–Trinajstić information content (AvgIpc) is 3.08. The normalized spacial score (nSPS) is 12.0. The molecule has 0 spiro atoms. The lowest BCUT2D eigenvalue weighted by Crippen LogP contribution is -2.34. The van der Waals surface area contributed by atoms with Crippen LogP contribution in [0, 0.1) is 20.2 Å². The Hall–Kier alpha value is -3.27. The van der Waals surface area contributed by atoms with Crippen LogP contribution in [0.3, 0.4) is 0 Å². The van der Waals surface area contributed by atoms with Crippen molar-refractivity contribution in [3.8, 4) is 0 Å². The molecular formula is C15H16N4O6. The highest BCUT2D eigenvalue weighted by atomic mass is 16.6. The van der Waals surface area contributed by atoms with Gasteiger partial charge >= 0.3 is 0 Å². The van der Waals surface area contributed by atoms with Crippen LogP contribution in [0.5, 0.6) is 0 Å². The zero-order valence-corrected chi connectivity index (χ0v) is 13.5. The topological polar surface area (TPSA) is 132 Å². The number of non-ortho nitro benzene ring substituents is 2. The van der Waals surface area contributed by atoms with Gasteiger partial charge in [-0.2, -0.15) is 0 Å². The van der Waals surface area contributed by atoms with Crippen molar-refractivity contribution < 1.29 is 19.1 Å². The maximum absolute atomic E-state index is 12.3. The minimum absolute atomic E-state index is 0.155. The van der Waals surface area contributed by atoms with Gasteiger partial charge in [-0.1, -0.05) is 0 Å². The second-order valence-electron chi connectivity index (χ2n) is 5.46. The van der Waals surface area contributed by atoms with Crippen molar-refractivity contribution in [1.29, 1.82) is 0 Å². The van der Waals surface area contributed by atoms with Crippen LogP contribution < -0.4 is 5.32 Å². The van der Waals surface area contributed by atoms with E-state index in [2.05, 4.69) is 5.32 Å². The number of furan rings is 1. The van der Waals surface area contributed by atoms with Gasteiger partial charge in [0, 0.05) is 18.7 Å². The summed E-state index contributed by atoms with van der Waals surface area (Å²) < 4.78 is 5.32. The number of benzene rings is 1. The summed E-state index contributed by atoms with van der Waals surface area (Å²) in [5.74, 6) is -0.0134. The van der Waals surface area contributed by atoms with Gasteiger partial charge in [0.05, 0.1) is 33.8 Å². The van der Waals surface area contributed by atoms with Gasteiger partial charge in [0.1, 0.15) is 5.76 Å². The predicted molar refractivity (Wildman–Crippen MR) is 87.2 cm³/mol. The van der Waals surface area contributed by atoms with Crippen LogP contribution in [-0.2, 0) is 0 Å². The molecule has 2 rings (SSSR count). The van der Waals surface area contributed by atoms with Crippen LogP contribution in [0.4, 0.5) is 11.4 Å². The molecule has 0 aliphatic rings. The second kappa shape index (κ2) is 7.53. The Bertz CT molecular complexity index is 755. The molecule has 0 radical (unpaired) electrons. The van der Waals surface area contributed by atoms with E-state index in [0.29, 0.717) is 5.76 Å². The fraction of sp³-hybridized carbons (Fsp3) is 0.267. The van der Waals surface area contributed by atoms with E-state index in [4.69, 9.17) is 4.42 Å². The fourth-order valence-corrected chi connectivity index (χ4v) is 2.25. The molecule has 1 atom stereocenters. The number of likely N-dealkylation sites (N-methyl/N-ethyl adjacent to an activating group) is 1. The van der Waals surface area contributed by atoms with Crippen LogP contribution in [0.15, 0.2) is 41.0 Å². The van der Waals surface area contributed by atoms with E-state index in [9.17, 15) is 25.0 Å². The maximum Gasteiger partial charge on any atom is 0.277 e. The number of amides is 1. The molecule has 0 unspecified atom stereocenters. The monoisotopic (exact) mass is 348 g/mol. The van der Waals surface area contributed by atoms with Gasteiger partial charge in [0.2, 0.25) is 0 Å². The quantitative estimate of drug-likeness (QED) is 0.598. The summed E-state index contributed by atoms with van der Waals surface area (Å²) in [6.07, 6.45) is 1.51. The van der Waals surface area contributed by atoms with Crippen molar-refractivity contribution in [2.24, 2.45) is 0 Å². The van der Waals surface area contributed by atoms with Crippen molar-refractivity contribution in [1.82, 2.24) is 10.2 Å². The number of nitro benzene ring substituents is 2. The molecule has 0 saturated carbocycles. The van der Waals surface area contributed by atoms with E-state index in [0.717, 1.165) is 18.2 Å². The SMILES string of the molecule is CN(C)[C@@H](CNC(=O)c1cc([N+](=O)[O-])cc([N+](=O)[O-])c1)c1ccco1. The van der Waals surface area contributed by atoms with Crippen LogP contribution in [0.1, 0.15) is 22.2 Å². The molecule has 1 aromatic carbocycles. The summed E-state index contributed by atoms with van der Waals surface area (Å²) in [6, 6.07) is 6.03. The zero-order chi connectivity index (χ0) is 18.6. The van der Waals surface area contributed by atoms with Crippen LogP contribution in [0.2, 0.25) is 0 Å². The van der Waals surface area contributed by atoms with Crippen LogP contribution >= 0.6 is 0 Å². The average molecular weight is 348 g/mol. The van der Waals surface area contributed by atoms with Gasteiger partial charge in [-0.3, -0.25) is 29.9 Å². The Kier molecular flexibility index (Phi) is 5.45. The van der Waals surface area contributed by atoms with Gasteiger partial charge in [-0.05, 0) is 26.2 Å². The number of nitrogens with one attached hydrogen (secondary N) is 1. The number of carbonyl (C=O) groups excluding carboxylic acids is 1. The third kappa shape index (κ3) is 4.38. The lowest BCUT2D eigenvalue weighted by molar-refractivity contribution is -0.394. The summed E-state index contributed by atoms with van der Waals surface area (Å²) in [5.41, 5.74) is -1.19. The van der Waals surface area contributed by atoms with Crippen molar-refractivity contribution in [2.45, 2.75) is 6.04 Å². The minimum Gasteiger partial charge on any atom is -0.468 e. The standard InChI is InChI=1S/C15H16N4O6/c1-17(2)13(14-4-3-5-25-14)9-16-15(20)10-6-11(18(21)22)8-12(7-10)19(23)24/h3-8,13H,9H2,1-2H3,(H,16,20)/t13-/m0/s1. The molecule has 25 heavy (non-hydrogen) atoms. The molecule has 0 bridgehead atoms. The Balaban J connectivity index is 2.20. The molecule has 0 aliphatic heterocycles. The van der Waals surface area contributed by atoms with E-state index in [1.807, 2.05) is 4.90 Å². The molecule has 2 aromatic rings.